The standard InChI is InChI=1S/C22H29NO2/c1-7-21(25-20-11-9-15(3)17(5)13-20)22(24)23-18(6)19-10-8-14(2)16(4)12-19/h8-13,18,21H,7H2,1-6H3,(H,23,24)/t18-,21+/m1/s1. The van der Waals surface area contributed by atoms with Crippen molar-refractivity contribution in [3.63, 3.8) is 0 Å². The van der Waals surface area contributed by atoms with E-state index in [0.717, 1.165) is 16.9 Å². The van der Waals surface area contributed by atoms with E-state index in [2.05, 4.69) is 44.3 Å². The van der Waals surface area contributed by atoms with Crippen molar-refractivity contribution < 1.29 is 9.53 Å². The quantitative estimate of drug-likeness (QED) is 0.808. The van der Waals surface area contributed by atoms with Crippen molar-refractivity contribution in [3.8, 4) is 5.75 Å². The van der Waals surface area contributed by atoms with Gasteiger partial charge in [0.15, 0.2) is 6.10 Å². The molecule has 0 aliphatic rings. The number of amides is 1. The first-order valence-electron chi connectivity index (χ1n) is 8.93. The highest BCUT2D eigenvalue weighted by molar-refractivity contribution is 5.81. The van der Waals surface area contributed by atoms with Crippen molar-refractivity contribution in [2.75, 3.05) is 0 Å². The first kappa shape index (κ1) is 19.0. The summed E-state index contributed by atoms with van der Waals surface area (Å²) in [5.74, 6) is 0.662. The maximum absolute atomic E-state index is 12.6. The van der Waals surface area contributed by atoms with Gasteiger partial charge in [0.05, 0.1) is 6.04 Å². The highest BCUT2D eigenvalue weighted by atomic mass is 16.5. The first-order valence-corrected chi connectivity index (χ1v) is 8.93. The maximum Gasteiger partial charge on any atom is 0.261 e. The summed E-state index contributed by atoms with van der Waals surface area (Å²) in [4.78, 5) is 12.6. The SMILES string of the molecule is CC[C@H](Oc1ccc(C)c(C)c1)C(=O)N[C@H](C)c1ccc(C)c(C)c1. The summed E-state index contributed by atoms with van der Waals surface area (Å²) in [6.07, 6.45) is 0.134. The zero-order chi connectivity index (χ0) is 18.6. The van der Waals surface area contributed by atoms with Crippen molar-refractivity contribution in [3.05, 3.63) is 64.2 Å². The molecule has 134 valence electrons. The van der Waals surface area contributed by atoms with Gasteiger partial charge in [-0.25, -0.2) is 0 Å². The largest absolute Gasteiger partial charge is 0.481 e. The van der Waals surface area contributed by atoms with Crippen LogP contribution in [0.15, 0.2) is 36.4 Å². The predicted octanol–water partition coefficient (Wildman–Crippen LogP) is 4.96. The van der Waals surface area contributed by atoms with E-state index < -0.39 is 6.10 Å². The molecule has 2 atom stereocenters. The number of hydrogen-bond acceptors (Lipinski definition) is 2. The molecule has 3 nitrogen and oxygen atoms in total. The third-order valence-corrected chi connectivity index (χ3v) is 4.81. The summed E-state index contributed by atoms with van der Waals surface area (Å²) in [6.45, 7) is 12.3. The van der Waals surface area contributed by atoms with Crippen LogP contribution in [0.2, 0.25) is 0 Å². The minimum absolute atomic E-state index is 0.0517. The molecule has 0 bridgehead atoms. The number of nitrogens with one attached hydrogen (secondary N) is 1. The van der Waals surface area contributed by atoms with E-state index in [9.17, 15) is 4.79 Å². The monoisotopic (exact) mass is 339 g/mol. The molecule has 0 unspecified atom stereocenters. The Morgan fingerprint density at radius 2 is 1.56 bits per heavy atom. The number of hydrogen-bond donors (Lipinski definition) is 1. The molecule has 3 heteroatoms. The van der Waals surface area contributed by atoms with Crippen LogP contribution in [0.3, 0.4) is 0 Å². The number of aryl methyl sites for hydroxylation is 4. The molecule has 1 N–H and O–H groups in total. The zero-order valence-electron chi connectivity index (χ0n) is 16.1. The number of rotatable bonds is 6. The Morgan fingerprint density at radius 3 is 2.12 bits per heavy atom. The Hall–Kier alpha value is -2.29. The average molecular weight is 339 g/mol. The fourth-order valence-corrected chi connectivity index (χ4v) is 2.70. The molecule has 2 aromatic rings. The molecule has 0 aromatic heterocycles. The minimum atomic E-state index is -0.490. The van der Waals surface area contributed by atoms with Crippen molar-refractivity contribution >= 4 is 5.91 Å². The van der Waals surface area contributed by atoms with Gasteiger partial charge >= 0.3 is 0 Å². The topological polar surface area (TPSA) is 38.3 Å². The summed E-state index contributed by atoms with van der Waals surface area (Å²) in [6, 6.07) is 12.2. The molecule has 0 fully saturated rings. The van der Waals surface area contributed by atoms with Crippen molar-refractivity contribution in [1.82, 2.24) is 5.32 Å². The second kappa shape index (κ2) is 8.19. The number of benzene rings is 2. The molecule has 0 radical (unpaired) electrons. The van der Waals surface area contributed by atoms with Crippen LogP contribution in [0.5, 0.6) is 5.75 Å². The molecule has 0 saturated carbocycles. The molecule has 1 amide bonds. The van der Waals surface area contributed by atoms with Crippen LogP contribution in [-0.4, -0.2) is 12.0 Å². The first-order chi connectivity index (χ1) is 11.8. The highest BCUT2D eigenvalue weighted by Crippen LogP contribution is 2.20. The van der Waals surface area contributed by atoms with Crippen LogP contribution in [0.25, 0.3) is 0 Å². The molecule has 0 heterocycles. The lowest BCUT2D eigenvalue weighted by molar-refractivity contribution is -0.128. The summed E-state index contributed by atoms with van der Waals surface area (Å²) in [5.41, 5.74) is 5.98. The molecule has 0 spiro atoms. The van der Waals surface area contributed by atoms with E-state index in [1.165, 1.54) is 16.7 Å². The zero-order valence-corrected chi connectivity index (χ0v) is 16.1. The van der Waals surface area contributed by atoms with Crippen LogP contribution in [0.4, 0.5) is 0 Å². The Labute approximate surface area is 151 Å². The number of ether oxygens (including phenoxy) is 1. The average Bonchev–Trinajstić information content (AvgIpc) is 2.58. The van der Waals surface area contributed by atoms with Gasteiger partial charge in [-0.15, -0.1) is 0 Å². The van der Waals surface area contributed by atoms with Crippen LogP contribution in [0.1, 0.15) is 54.1 Å². The summed E-state index contributed by atoms with van der Waals surface area (Å²) in [5, 5.41) is 3.08. The van der Waals surface area contributed by atoms with Crippen molar-refractivity contribution in [1.29, 1.82) is 0 Å². The second-order valence-corrected chi connectivity index (χ2v) is 6.83. The van der Waals surface area contributed by atoms with Crippen molar-refractivity contribution in [2.45, 2.75) is 60.1 Å². The third kappa shape index (κ3) is 4.85. The molecule has 0 saturated heterocycles. The fraction of sp³-hybridized carbons (Fsp3) is 0.409. The number of carbonyl (C=O) groups is 1. The maximum atomic E-state index is 12.6. The van der Waals surface area contributed by atoms with Gasteiger partial charge in [0.2, 0.25) is 0 Å². The fourth-order valence-electron chi connectivity index (χ4n) is 2.70. The normalized spacial score (nSPS) is 13.2. The van der Waals surface area contributed by atoms with Gasteiger partial charge in [-0.2, -0.15) is 0 Å². The van der Waals surface area contributed by atoms with E-state index in [-0.39, 0.29) is 11.9 Å². The molecule has 2 aromatic carbocycles. The van der Waals surface area contributed by atoms with E-state index in [1.807, 2.05) is 39.0 Å². The smallest absolute Gasteiger partial charge is 0.261 e. The Balaban J connectivity index is 2.05. The van der Waals surface area contributed by atoms with Gasteiger partial charge in [0.1, 0.15) is 5.75 Å². The predicted molar refractivity (Wildman–Crippen MR) is 103 cm³/mol. The van der Waals surface area contributed by atoms with Crippen LogP contribution < -0.4 is 10.1 Å². The molecule has 2 rings (SSSR count). The summed E-state index contributed by atoms with van der Waals surface area (Å²) in [7, 11) is 0. The van der Waals surface area contributed by atoms with Crippen LogP contribution >= 0.6 is 0 Å². The van der Waals surface area contributed by atoms with E-state index in [0.29, 0.717) is 6.42 Å². The molecular weight excluding hydrogens is 310 g/mol. The lowest BCUT2D eigenvalue weighted by atomic mass is 10.0. The van der Waals surface area contributed by atoms with Gasteiger partial charge in [0, 0.05) is 0 Å². The third-order valence-electron chi connectivity index (χ3n) is 4.81. The Kier molecular flexibility index (Phi) is 6.24. The molecule has 0 aliphatic carbocycles. The van der Waals surface area contributed by atoms with Crippen LogP contribution in [0, 0.1) is 27.7 Å². The van der Waals surface area contributed by atoms with E-state index >= 15 is 0 Å². The van der Waals surface area contributed by atoms with E-state index in [1.54, 1.807) is 0 Å². The lowest BCUT2D eigenvalue weighted by Crippen LogP contribution is -2.39. The van der Waals surface area contributed by atoms with Crippen LogP contribution in [-0.2, 0) is 4.79 Å². The highest BCUT2D eigenvalue weighted by Gasteiger charge is 2.21. The van der Waals surface area contributed by atoms with Gasteiger partial charge in [-0.1, -0.05) is 31.2 Å². The summed E-state index contributed by atoms with van der Waals surface area (Å²) >= 11 is 0. The Morgan fingerprint density at radius 1 is 0.960 bits per heavy atom. The lowest BCUT2D eigenvalue weighted by Gasteiger charge is -2.21. The molecule has 25 heavy (non-hydrogen) atoms. The van der Waals surface area contributed by atoms with Crippen molar-refractivity contribution in [2.24, 2.45) is 0 Å². The van der Waals surface area contributed by atoms with Gasteiger partial charge < -0.3 is 10.1 Å². The molecular formula is C22H29NO2. The van der Waals surface area contributed by atoms with E-state index in [4.69, 9.17) is 4.74 Å². The Bertz CT molecular complexity index is 752. The number of carbonyl (C=O) groups excluding carboxylic acids is 1. The summed E-state index contributed by atoms with van der Waals surface area (Å²) < 4.78 is 5.93. The van der Waals surface area contributed by atoms with Gasteiger partial charge in [0.25, 0.3) is 5.91 Å². The second-order valence-electron chi connectivity index (χ2n) is 6.83. The minimum Gasteiger partial charge on any atom is -0.481 e. The molecule has 0 aliphatic heterocycles. The van der Waals surface area contributed by atoms with Gasteiger partial charge in [-0.05, 0) is 81.0 Å². The van der Waals surface area contributed by atoms with Gasteiger partial charge in [-0.3, -0.25) is 4.79 Å².